The molecule has 0 radical (unpaired) electrons. The zero-order valence-electron chi connectivity index (χ0n) is 30.0. The number of nitrogens with two attached hydrogens (primary N) is 1. The summed E-state index contributed by atoms with van der Waals surface area (Å²) in [6, 6.07) is 34.2. The summed E-state index contributed by atoms with van der Waals surface area (Å²) in [5.41, 5.74) is 8.32. The molecule has 4 amide bonds. The Morgan fingerprint density at radius 2 is 1.15 bits per heavy atom. The van der Waals surface area contributed by atoms with E-state index in [0.717, 1.165) is 57.7 Å². The molecule has 5 aromatic rings. The maximum atomic E-state index is 14.4. The van der Waals surface area contributed by atoms with Crippen LogP contribution in [0.1, 0.15) is 42.9 Å². The molecule has 270 valence electrons. The normalized spacial score (nSPS) is 12.9. The zero-order chi connectivity index (χ0) is 36.9. The van der Waals surface area contributed by atoms with E-state index in [4.69, 9.17) is 5.73 Å². The van der Waals surface area contributed by atoms with Crippen molar-refractivity contribution < 1.29 is 19.2 Å². The Morgan fingerprint density at radius 3 is 1.75 bits per heavy atom. The average molecular weight is 700 g/mol. The van der Waals surface area contributed by atoms with Gasteiger partial charge in [-0.1, -0.05) is 122 Å². The van der Waals surface area contributed by atoms with Gasteiger partial charge in [0.05, 0.1) is 0 Å². The fourth-order valence-corrected chi connectivity index (χ4v) is 6.47. The van der Waals surface area contributed by atoms with Gasteiger partial charge < -0.3 is 26.6 Å². The number of primary amides is 1. The van der Waals surface area contributed by atoms with Crippen molar-refractivity contribution in [1.82, 2.24) is 20.9 Å². The Bertz CT molecular complexity index is 1980. The van der Waals surface area contributed by atoms with Crippen molar-refractivity contribution in [2.75, 3.05) is 20.1 Å². The minimum absolute atomic E-state index is 0.148. The first-order valence-electron chi connectivity index (χ1n) is 18.1. The summed E-state index contributed by atoms with van der Waals surface area (Å²) in [6.45, 7) is 3.72. The molecular weight excluding hydrogens is 651 g/mol. The number of carbonyl (C=O) groups is 4. The van der Waals surface area contributed by atoms with E-state index in [-0.39, 0.29) is 25.2 Å². The Hall–Kier alpha value is -5.54. The van der Waals surface area contributed by atoms with Crippen LogP contribution in [-0.4, -0.2) is 66.8 Å². The Labute approximate surface area is 306 Å². The number of fused-ring (bicyclic) bond motifs is 2. The molecule has 9 nitrogen and oxygen atoms in total. The van der Waals surface area contributed by atoms with Crippen molar-refractivity contribution in [1.29, 1.82) is 0 Å². The van der Waals surface area contributed by atoms with Crippen molar-refractivity contribution in [2.24, 2.45) is 5.73 Å². The maximum Gasteiger partial charge on any atom is 0.243 e. The van der Waals surface area contributed by atoms with Gasteiger partial charge in [0.2, 0.25) is 23.6 Å². The monoisotopic (exact) mass is 699 g/mol. The molecule has 9 heteroatoms. The van der Waals surface area contributed by atoms with Crippen LogP contribution in [-0.2, 0) is 38.4 Å². The highest BCUT2D eigenvalue weighted by molar-refractivity contribution is 5.95. The van der Waals surface area contributed by atoms with E-state index in [1.54, 1.807) is 7.05 Å². The highest BCUT2D eigenvalue weighted by Crippen LogP contribution is 2.20. The largest absolute Gasteiger partial charge is 0.368 e. The summed E-state index contributed by atoms with van der Waals surface area (Å²) in [4.78, 5) is 56.1. The van der Waals surface area contributed by atoms with E-state index in [9.17, 15) is 19.2 Å². The number of rotatable bonds is 18. The zero-order valence-corrected chi connectivity index (χ0v) is 30.0. The highest BCUT2D eigenvalue weighted by atomic mass is 16.2. The molecule has 5 rings (SSSR count). The molecule has 0 aliphatic heterocycles. The third-order valence-corrected chi connectivity index (χ3v) is 9.48. The standard InChI is InChI=1S/C43H49N5O4/c1-3-45-24-12-11-19-40(49)48(2)39(29-32-21-23-34-16-8-10-18-36(34)26-32)43(52)47-38(28-31-20-22-33-15-7-9-17-35(33)25-31)42(51)46-37(41(44)50)27-30-13-5-4-6-14-30/h4-10,13-18,20-23,25-26,37-39,45H,3,11-12,19,24,27-29H2,1-2H3,(H2,44,50)(H,46,51)(H,47,52)/t37?,38?,39-/m1/s1. The van der Waals surface area contributed by atoms with Gasteiger partial charge in [-0.15, -0.1) is 0 Å². The molecule has 0 aromatic heterocycles. The van der Waals surface area contributed by atoms with Gasteiger partial charge in [-0.3, -0.25) is 19.2 Å². The van der Waals surface area contributed by atoms with Gasteiger partial charge in [0.25, 0.3) is 0 Å². The molecule has 0 fully saturated rings. The molecule has 0 saturated heterocycles. The van der Waals surface area contributed by atoms with Crippen LogP contribution in [0.2, 0.25) is 0 Å². The third-order valence-electron chi connectivity index (χ3n) is 9.48. The molecule has 0 aliphatic carbocycles. The van der Waals surface area contributed by atoms with Crippen LogP contribution >= 0.6 is 0 Å². The highest BCUT2D eigenvalue weighted by Gasteiger charge is 2.32. The summed E-state index contributed by atoms with van der Waals surface area (Å²) in [6.07, 6.45) is 2.43. The molecule has 0 saturated carbocycles. The summed E-state index contributed by atoms with van der Waals surface area (Å²) in [7, 11) is 1.65. The molecule has 5 aromatic carbocycles. The molecule has 2 unspecified atom stereocenters. The number of carbonyl (C=O) groups excluding carboxylic acids is 4. The van der Waals surface area contributed by atoms with Crippen LogP contribution in [0.5, 0.6) is 0 Å². The summed E-state index contributed by atoms with van der Waals surface area (Å²) in [5, 5.41) is 13.2. The lowest BCUT2D eigenvalue weighted by molar-refractivity contribution is -0.140. The second kappa shape index (κ2) is 18.6. The number of hydrogen-bond donors (Lipinski definition) is 4. The van der Waals surface area contributed by atoms with Crippen LogP contribution in [0.25, 0.3) is 21.5 Å². The van der Waals surface area contributed by atoms with Crippen molar-refractivity contribution in [3.63, 3.8) is 0 Å². The molecular formula is C43H49N5O4. The van der Waals surface area contributed by atoms with E-state index < -0.39 is 35.8 Å². The lowest BCUT2D eigenvalue weighted by Crippen LogP contribution is -2.58. The predicted octanol–water partition coefficient (Wildman–Crippen LogP) is 5.08. The molecule has 0 spiro atoms. The van der Waals surface area contributed by atoms with E-state index in [0.29, 0.717) is 12.8 Å². The van der Waals surface area contributed by atoms with Crippen LogP contribution in [0, 0.1) is 0 Å². The molecule has 52 heavy (non-hydrogen) atoms. The fourth-order valence-electron chi connectivity index (χ4n) is 6.47. The van der Waals surface area contributed by atoms with E-state index in [1.165, 1.54) is 4.90 Å². The average Bonchev–Trinajstić information content (AvgIpc) is 3.16. The number of nitrogens with one attached hydrogen (secondary N) is 3. The van der Waals surface area contributed by atoms with Crippen LogP contribution in [0.4, 0.5) is 0 Å². The van der Waals surface area contributed by atoms with Gasteiger partial charge in [0.15, 0.2) is 0 Å². The van der Waals surface area contributed by atoms with Crippen LogP contribution in [0.3, 0.4) is 0 Å². The van der Waals surface area contributed by atoms with Gasteiger partial charge in [0, 0.05) is 32.7 Å². The lowest BCUT2D eigenvalue weighted by Gasteiger charge is -2.30. The molecule has 0 heterocycles. The maximum absolute atomic E-state index is 14.4. The third kappa shape index (κ3) is 10.5. The van der Waals surface area contributed by atoms with E-state index in [1.807, 2.05) is 122 Å². The number of hydrogen-bond acceptors (Lipinski definition) is 5. The first kappa shape index (κ1) is 37.7. The van der Waals surface area contributed by atoms with Gasteiger partial charge in [-0.2, -0.15) is 0 Å². The first-order chi connectivity index (χ1) is 25.2. The second-order valence-corrected chi connectivity index (χ2v) is 13.3. The van der Waals surface area contributed by atoms with Crippen molar-refractivity contribution >= 4 is 45.2 Å². The second-order valence-electron chi connectivity index (χ2n) is 13.3. The number of amides is 4. The van der Waals surface area contributed by atoms with Crippen LogP contribution < -0.4 is 21.7 Å². The SMILES string of the molecule is CCNCCCCC(=O)N(C)[C@H](Cc1ccc2ccccc2c1)C(=O)NC(Cc1ccc2ccccc2c1)C(=O)NC(Cc1ccccc1)C(N)=O. The first-order valence-corrected chi connectivity index (χ1v) is 18.1. The van der Waals surface area contributed by atoms with Crippen molar-refractivity contribution in [3.05, 3.63) is 132 Å². The summed E-state index contributed by atoms with van der Waals surface area (Å²) >= 11 is 0. The quantitative estimate of drug-likeness (QED) is 0.0948. The van der Waals surface area contributed by atoms with Gasteiger partial charge in [-0.05, 0) is 64.2 Å². The molecule has 0 bridgehead atoms. The van der Waals surface area contributed by atoms with Crippen molar-refractivity contribution in [3.8, 4) is 0 Å². The Balaban J connectivity index is 1.42. The number of nitrogens with zero attached hydrogens (tertiary/aromatic N) is 1. The molecule has 0 aliphatic rings. The summed E-state index contributed by atoms with van der Waals surface area (Å²) in [5.74, 6) is -1.83. The van der Waals surface area contributed by atoms with E-state index in [2.05, 4.69) is 16.0 Å². The topological polar surface area (TPSA) is 134 Å². The Kier molecular flexibility index (Phi) is 13.5. The smallest absolute Gasteiger partial charge is 0.243 e. The minimum Gasteiger partial charge on any atom is -0.368 e. The fraction of sp³-hybridized carbons (Fsp3) is 0.302. The molecule has 5 N–H and O–H groups in total. The van der Waals surface area contributed by atoms with Gasteiger partial charge in [-0.25, -0.2) is 0 Å². The summed E-state index contributed by atoms with van der Waals surface area (Å²) < 4.78 is 0. The van der Waals surface area contributed by atoms with Gasteiger partial charge >= 0.3 is 0 Å². The van der Waals surface area contributed by atoms with Gasteiger partial charge in [0.1, 0.15) is 18.1 Å². The number of benzene rings is 5. The predicted molar refractivity (Wildman–Crippen MR) is 207 cm³/mol. The lowest BCUT2D eigenvalue weighted by atomic mass is 9.98. The van der Waals surface area contributed by atoms with Crippen LogP contribution in [0.15, 0.2) is 115 Å². The molecule has 3 atom stereocenters. The Morgan fingerprint density at radius 1 is 0.615 bits per heavy atom. The minimum atomic E-state index is -1.06. The number of likely N-dealkylation sites (N-methyl/N-ethyl adjacent to an activating group) is 1. The number of unbranched alkanes of at least 4 members (excludes halogenated alkanes) is 1. The van der Waals surface area contributed by atoms with E-state index >= 15 is 0 Å². The van der Waals surface area contributed by atoms with Crippen molar-refractivity contribution in [2.45, 2.75) is 63.6 Å².